The normalized spacial score (nSPS) is 11.8. The van der Waals surface area contributed by atoms with Crippen LogP contribution >= 0.6 is 23.2 Å². The van der Waals surface area contributed by atoms with E-state index in [1.165, 1.54) is 0 Å². The molecule has 4 rings (SSSR count). The molecule has 0 N–H and O–H groups in total. The highest BCUT2D eigenvalue weighted by atomic mass is 35.5. The maximum absolute atomic E-state index is 12.8. The van der Waals surface area contributed by atoms with Gasteiger partial charge in [0.2, 0.25) is 11.7 Å². The van der Waals surface area contributed by atoms with Gasteiger partial charge in [0.15, 0.2) is 5.82 Å². The number of halogens is 5. The molecule has 12 heteroatoms. The number of aromatic nitrogens is 5. The summed E-state index contributed by atoms with van der Waals surface area (Å²) < 4.78 is 45.5. The van der Waals surface area contributed by atoms with Gasteiger partial charge in [-0.1, -0.05) is 40.5 Å². The molecule has 2 aromatic heterocycles. The van der Waals surface area contributed by atoms with Crippen molar-refractivity contribution in [2.75, 3.05) is 0 Å². The van der Waals surface area contributed by atoms with Gasteiger partial charge in [-0.2, -0.15) is 18.2 Å². The predicted molar refractivity (Wildman–Crippen MR) is 111 cm³/mol. The van der Waals surface area contributed by atoms with Gasteiger partial charge in [-0.05, 0) is 36.4 Å². The highest BCUT2D eigenvalue weighted by Crippen LogP contribution is 2.26. The van der Waals surface area contributed by atoms with Crippen LogP contribution in [0.15, 0.2) is 57.8 Å². The Morgan fingerprint density at radius 1 is 1.03 bits per heavy atom. The van der Waals surface area contributed by atoms with E-state index in [0.717, 1.165) is 9.25 Å². The molecule has 0 radical (unpaired) electrons. The zero-order valence-corrected chi connectivity index (χ0v) is 17.7. The Balaban J connectivity index is 1.68. The first-order valence-corrected chi connectivity index (χ1v) is 10.0. The van der Waals surface area contributed by atoms with E-state index in [-0.39, 0.29) is 24.1 Å². The minimum atomic E-state index is -4.44. The molecule has 2 heterocycles. The van der Waals surface area contributed by atoms with Crippen molar-refractivity contribution in [1.82, 2.24) is 24.5 Å². The molecule has 0 atom stereocenters. The van der Waals surface area contributed by atoms with Gasteiger partial charge in [-0.3, -0.25) is 4.57 Å². The fourth-order valence-corrected chi connectivity index (χ4v) is 3.34. The Morgan fingerprint density at radius 3 is 2.44 bits per heavy atom. The number of benzene rings is 2. The molecule has 7 nitrogen and oxygen atoms in total. The Labute approximate surface area is 189 Å². The molecule has 0 spiro atoms. The first-order chi connectivity index (χ1) is 15.2. The summed E-state index contributed by atoms with van der Waals surface area (Å²) >= 11 is 12.0. The van der Waals surface area contributed by atoms with Crippen LogP contribution in [0.5, 0.6) is 0 Å². The molecule has 0 saturated carbocycles. The smallest absolute Gasteiger partial charge is 0.337 e. The van der Waals surface area contributed by atoms with Crippen molar-refractivity contribution in [2.24, 2.45) is 0 Å². The van der Waals surface area contributed by atoms with E-state index in [2.05, 4.69) is 15.2 Å². The van der Waals surface area contributed by atoms with Gasteiger partial charge >= 0.3 is 11.9 Å². The molecule has 0 aliphatic heterocycles. The summed E-state index contributed by atoms with van der Waals surface area (Å²) in [5.74, 6) is 0.333. The lowest BCUT2D eigenvalue weighted by Crippen LogP contribution is -2.27. The molecule has 0 aliphatic carbocycles. The molecule has 0 fully saturated rings. The molecule has 32 heavy (non-hydrogen) atoms. The first-order valence-electron chi connectivity index (χ1n) is 9.29. The molecule has 2 aromatic carbocycles. The summed E-state index contributed by atoms with van der Waals surface area (Å²) in [5.41, 5.74) is 0.237. The van der Waals surface area contributed by atoms with Crippen molar-refractivity contribution in [3.8, 4) is 22.8 Å². The largest absolute Gasteiger partial charge is 0.390 e. The SMILES string of the molecule is O=c1n(Cc2nc(-c3ccccc3Cl)no2)nc(-c2ccc(Cl)cc2)n1CCC(F)(F)F. The van der Waals surface area contributed by atoms with Crippen LogP contribution in [0.3, 0.4) is 0 Å². The van der Waals surface area contributed by atoms with Crippen LogP contribution in [0.2, 0.25) is 10.0 Å². The van der Waals surface area contributed by atoms with Crippen molar-refractivity contribution >= 4 is 23.2 Å². The minimum absolute atomic E-state index is 0.0464. The van der Waals surface area contributed by atoms with Crippen LogP contribution < -0.4 is 5.69 Å². The van der Waals surface area contributed by atoms with Crippen LogP contribution in [0.25, 0.3) is 22.8 Å². The molecule has 0 amide bonds. The monoisotopic (exact) mass is 483 g/mol. The second kappa shape index (κ2) is 8.79. The van der Waals surface area contributed by atoms with Gasteiger partial charge in [0.1, 0.15) is 6.54 Å². The van der Waals surface area contributed by atoms with Crippen molar-refractivity contribution < 1.29 is 17.7 Å². The topological polar surface area (TPSA) is 78.7 Å². The van der Waals surface area contributed by atoms with Gasteiger partial charge in [0.05, 0.1) is 11.4 Å². The number of nitrogens with zero attached hydrogens (tertiary/aromatic N) is 5. The van der Waals surface area contributed by atoms with E-state index in [9.17, 15) is 18.0 Å². The van der Waals surface area contributed by atoms with Gasteiger partial charge in [-0.15, -0.1) is 5.10 Å². The summed E-state index contributed by atoms with van der Waals surface area (Å²) in [7, 11) is 0. The highest BCUT2D eigenvalue weighted by molar-refractivity contribution is 6.33. The van der Waals surface area contributed by atoms with Crippen molar-refractivity contribution in [3.05, 3.63) is 75.0 Å². The van der Waals surface area contributed by atoms with E-state index in [1.807, 2.05) is 0 Å². The van der Waals surface area contributed by atoms with Gasteiger partial charge < -0.3 is 4.52 Å². The number of rotatable bonds is 6. The standard InChI is InChI=1S/C20H14Cl2F3N5O2/c21-13-7-5-12(6-8-13)18-27-30(19(31)29(18)10-9-20(23,24)25)11-16-26-17(28-32-16)14-3-1-2-4-15(14)22/h1-8H,9-11H2. The van der Waals surface area contributed by atoms with Crippen LogP contribution in [0.4, 0.5) is 13.2 Å². The summed E-state index contributed by atoms with van der Waals surface area (Å²) in [4.78, 5) is 17.1. The fourth-order valence-electron chi connectivity index (χ4n) is 3.00. The average molecular weight is 484 g/mol. The Bertz CT molecular complexity index is 1300. The van der Waals surface area contributed by atoms with E-state index in [4.69, 9.17) is 27.7 Å². The van der Waals surface area contributed by atoms with E-state index in [0.29, 0.717) is 21.2 Å². The summed E-state index contributed by atoms with van der Waals surface area (Å²) in [6.07, 6.45) is -5.62. The van der Waals surface area contributed by atoms with Crippen LogP contribution in [0, 0.1) is 0 Å². The zero-order valence-electron chi connectivity index (χ0n) is 16.2. The third-order valence-corrected chi connectivity index (χ3v) is 5.09. The number of hydrogen-bond acceptors (Lipinski definition) is 5. The fraction of sp³-hybridized carbons (Fsp3) is 0.200. The lowest BCUT2D eigenvalue weighted by Gasteiger charge is -2.08. The number of hydrogen-bond donors (Lipinski definition) is 0. The summed E-state index contributed by atoms with van der Waals surface area (Å²) in [5, 5.41) is 8.92. The van der Waals surface area contributed by atoms with Gasteiger partial charge in [0.25, 0.3) is 0 Å². The summed E-state index contributed by atoms with van der Waals surface area (Å²) in [6.45, 7) is -0.815. The molecule has 4 aromatic rings. The highest BCUT2D eigenvalue weighted by Gasteiger charge is 2.28. The molecular weight excluding hydrogens is 470 g/mol. The molecular formula is C20H14Cl2F3N5O2. The van der Waals surface area contributed by atoms with Crippen molar-refractivity contribution in [2.45, 2.75) is 25.7 Å². The predicted octanol–water partition coefficient (Wildman–Crippen LogP) is 5.07. The lowest BCUT2D eigenvalue weighted by atomic mass is 10.2. The van der Waals surface area contributed by atoms with E-state index in [1.54, 1.807) is 48.5 Å². The van der Waals surface area contributed by atoms with Crippen molar-refractivity contribution in [1.29, 1.82) is 0 Å². The van der Waals surface area contributed by atoms with Crippen molar-refractivity contribution in [3.63, 3.8) is 0 Å². The van der Waals surface area contributed by atoms with E-state index >= 15 is 0 Å². The molecule has 0 aliphatic rings. The minimum Gasteiger partial charge on any atom is -0.337 e. The maximum Gasteiger partial charge on any atom is 0.390 e. The van der Waals surface area contributed by atoms with Crippen LogP contribution in [-0.2, 0) is 13.1 Å². The van der Waals surface area contributed by atoms with Gasteiger partial charge in [-0.25, -0.2) is 9.48 Å². The van der Waals surface area contributed by atoms with Gasteiger partial charge in [0, 0.05) is 22.7 Å². The van der Waals surface area contributed by atoms with Crippen LogP contribution in [0.1, 0.15) is 12.3 Å². The second-order valence-corrected chi connectivity index (χ2v) is 7.62. The average Bonchev–Trinajstić information content (AvgIpc) is 3.32. The zero-order chi connectivity index (χ0) is 22.9. The Morgan fingerprint density at radius 2 is 1.75 bits per heavy atom. The maximum atomic E-state index is 12.8. The Kier molecular flexibility index (Phi) is 6.07. The molecule has 166 valence electrons. The first kappa shape index (κ1) is 22.1. The third-order valence-electron chi connectivity index (χ3n) is 4.51. The van der Waals surface area contributed by atoms with Crippen LogP contribution in [-0.4, -0.2) is 30.7 Å². The summed E-state index contributed by atoms with van der Waals surface area (Å²) in [6, 6.07) is 13.1. The quantitative estimate of drug-likeness (QED) is 0.382. The molecule has 0 bridgehead atoms. The lowest BCUT2D eigenvalue weighted by molar-refractivity contribution is -0.136. The Hall–Kier alpha value is -3.11. The molecule has 0 unspecified atom stereocenters. The molecule has 0 saturated heterocycles. The second-order valence-electron chi connectivity index (χ2n) is 6.78. The third kappa shape index (κ3) is 4.86. The number of alkyl halides is 3. The van der Waals surface area contributed by atoms with E-state index < -0.39 is 24.8 Å².